The Bertz CT molecular complexity index is 488. The summed E-state index contributed by atoms with van der Waals surface area (Å²) in [6.45, 7) is 4.74. The van der Waals surface area contributed by atoms with Crippen LogP contribution in [0.3, 0.4) is 0 Å². The van der Waals surface area contributed by atoms with Crippen LogP contribution in [0.1, 0.15) is 40.1 Å². The molecule has 0 saturated carbocycles. The van der Waals surface area contributed by atoms with E-state index in [1.807, 2.05) is 17.5 Å². The molecule has 0 bridgehead atoms. The van der Waals surface area contributed by atoms with Gasteiger partial charge < -0.3 is 5.32 Å². The highest BCUT2D eigenvalue weighted by Gasteiger charge is 2.09. The summed E-state index contributed by atoms with van der Waals surface area (Å²) in [4.78, 5) is 16.9. The van der Waals surface area contributed by atoms with Crippen LogP contribution in [0.4, 0.5) is 0 Å². The first-order valence-electron chi connectivity index (χ1n) is 5.43. The third kappa shape index (κ3) is 3.14. The van der Waals surface area contributed by atoms with Crippen molar-refractivity contribution >= 4 is 28.6 Å². The van der Waals surface area contributed by atoms with Gasteiger partial charge in [0.25, 0.3) is 5.91 Å². The largest absolute Gasteiger partial charge is 0.345 e. The summed E-state index contributed by atoms with van der Waals surface area (Å²) in [5.41, 5.74) is 1.09. The molecular weight excluding hydrogens is 252 g/mol. The molecule has 3 nitrogen and oxygen atoms in total. The number of carbonyl (C=O) groups is 1. The van der Waals surface area contributed by atoms with E-state index >= 15 is 0 Å². The van der Waals surface area contributed by atoms with Crippen molar-refractivity contribution in [2.45, 2.75) is 26.3 Å². The van der Waals surface area contributed by atoms with Gasteiger partial charge in [0.2, 0.25) is 0 Å². The average molecular weight is 266 g/mol. The molecular formula is C12H14N2OS2. The van der Waals surface area contributed by atoms with Crippen LogP contribution in [0.5, 0.6) is 0 Å². The van der Waals surface area contributed by atoms with E-state index < -0.39 is 0 Å². The van der Waals surface area contributed by atoms with Gasteiger partial charge in [-0.05, 0) is 17.4 Å². The smallest absolute Gasteiger partial charge is 0.261 e. The Labute approximate surface area is 109 Å². The van der Waals surface area contributed by atoms with Gasteiger partial charge in [0.1, 0.15) is 5.01 Å². The number of thiophene rings is 1. The molecule has 0 fully saturated rings. The minimum atomic E-state index is -0.0266. The number of thiazole rings is 1. The molecule has 0 spiro atoms. The van der Waals surface area contributed by atoms with Crippen molar-refractivity contribution in [1.29, 1.82) is 0 Å². The molecule has 0 atom stereocenters. The van der Waals surface area contributed by atoms with Crippen LogP contribution in [0.15, 0.2) is 22.9 Å². The van der Waals surface area contributed by atoms with Crippen LogP contribution in [-0.4, -0.2) is 10.9 Å². The van der Waals surface area contributed by atoms with E-state index in [-0.39, 0.29) is 5.91 Å². The maximum absolute atomic E-state index is 11.7. The Balaban J connectivity index is 1.91. The fourth-order valence-corrected chi connectivity index (χ4v) is 2.86. The third-order valence-corrected chi connectivity index (χ3v) is 4.04. The third-order valence-electron chi connectivity index (χ3n) is 2.31. The summed E-state index contributed by atoms with van der Waals surface area (Å²) < 4.78 is 0. The summed E-state index contributed by atoms with van der Waals surface area (Å²) in [6.07, 6.45) is 0. The molecule has 2 aromatic heterocycles. The van der Waals surface area contributed by atoms with Gasteiger partial charge in [-0.1, -0.05) is 19.9 Å². The lowest BCUT2D eigenvalue weighted by molar-refractivity contribution is 0.0955. The molecule has 0 radical (unpaired) electrons. The first-order chi connectivity index (χ1) is 8.16. The second-order valence-electron chi connectivity index (χ2n) is 3.98. The van der Waals surface area contributed by atoms with E-state index in [9.17, 15) is 4.79 Å². The monoisotopic (exact) mass is 266 g/mol. The number of aromatic nitrogens is 1. The molecule has 2 heterocycles. The number of nitrogens with zero attached hydrogens (tertiary/aromatic N) is 1. The quantitative estimate of drug-likeness (QED) is 0.923. The lowest BCUT2D eigenvalue weighted by Crippen LogP contribution is -2.21. The van der Waals surface area contributed by atoms with Crippen molar-refractivity contribution in [3.05, 3.63) is 38.5 Å². The second-order valence-corrected chi connectivity index (χ2v) is 5.87. The zero-order valence-corrected chi connectivity index (χ0v) is 11.4. The van der Waals surface area contributed by atoms with Gasteiger partial charge in [0, 0.05) is 5.38 Å². The minimum Gasteiger partial charge on any atom is -0.345 e. The molecule has 0 saturated heterocycles. The minimum absolute atomic E-state index is 0.0266. The Kier molecular flexibility index (Phi) is 3.91. The topological polar surface area (TPSA) is 42.0 Å². The fraction of sp³-hybridized carbons (Fsp3) is 0.333. The summed E-state index contributed by atoms with van der Waals surface area (Å²) in [6, 6.07) is 3.70. The van der Waals surface area contributed by atoms with E-state index in [4.69, 9.17) is 0 Å². The molecule has 0 unspecified atom stereocenters. The van der Waals surface area contributed by atoms with Crippen molar-refractivity contribution in [2.75, 3.05) is 0 Å². The predicted molar refractivity (Wildman–Crippen MR) is 71.7 cm³/mol. The maximum Gasteiger partial charge on any atom is 0.261 e. The van der Waals surface area contributed by atoms with Crippen LogP contribution in [0.2, 0.25) is 0 Å². The lowest BCUT2D eigenvalue weighted by atomic mass is 10.2. The highest BCUT2D eigenvalue weighted by molar-refractivity contribution is 7.12. The molecule has 0 aliphatic rings. The highest BCUT2D eigenvalue weighted by atomic mass is 32.1. The zero-order chi connectivity index (χ0) is 12.3. The van der Waals surface area contributed by atoms with Crippen LogP contribution in [-0.2, 0) is 6.54 Å². The van der Waals surface area contributed by atoms with Gasteiger partial charge in [-0.25, -0.2) is 4.98 Å². The van der Waals surface area contributed by atoms with Gasteiger partial charge in [-0.2, -0.15) is 0 Å². The maximum atomic E-state index is 11.7. The normalized spacial score (nSPS) is 10.8. The molecule has 2 rings (SSSR count). The number of carbonyl (C=O) groups excluding carboxylic acids is 1. The van der Waals surface area contributed by atoms with Crippen molar-refractivity contribution in [1.82, 2.24) is 10.3 Å². The second kappa shape index (κ2) is 5.42. The van der Waals surface area contributed by atoms with Gasteiger partial charge >= 0.3 is 0 Å². The number of nitrogens with one attached hydrogen (secondary N) is 1. The highest BCUT2D eigenvalue weighted by Crippen LogP contribution is 2.17. The molecule has 0 aliphatic heterocycles. The van der Waals surface area contributed by atoms with E-state index in [1.165, 1.54) is 11.3 Å². The molecule has 17 heavy (non-hydrogen) atoms. The Morgan fingerprint density at radius 2 is 2.29 bits per heavy atom. The number of rotatable bonds is 4. The van der Waals surface area contributed by atoms with Crippen LogP contribution < -0.4 is 5.32 Å². The molecule has 0 aromatic carbocycles. The lowest BCUT2D eigenvalue weighted by Gasteiger charge is -2.00. The SMILES string of the molecule is CC(C)c1csc(CNC(=O)c2cccs2)n1. The summed E-state index contributed by atoms with van der Waals surface area (Å²) >= 11 is 3.04. The van der Waals surface area contributed by atoms with E-state index in [2.05, 4.69) is 29.5 Å². The Morgan fingerprint density at radius 1 is 1.47 bits per heavy atom. The van der Waals surface area contributed by atoms with Crippen molar-refractivity contribution in [2.24, 2.45) is 0 Å². The van der Waals surface area contributed by atoms with Crippen LogP contribution >= 0.6 is 22.7 Å². The van der Waals surface area contributed by atoms with Crippen molar-refractivity contribution in [3.63, 3.8) is 0 Å². The number of hydrogen-bond donors (Lipinski definition) is 1. The number of hydrogen-bond acceptors (Lipinski definition) is 4. The standard InChI is InChI=1S/C12H14N2OS2/c1-8(2)9-7-17-11(14-9)6-13-12(15)10-4-3-5-16-10/h3-5,7-8H,6H2,1-2H3,(H,13,15). The fourth-order valence-electron chi connectivity index (χ4n) is 1.32. The Hall–Kier alpha value is -1.20. The first kappa shape index (κ1) is 12.3. The average Bonchev–Trinajstić information content (AvgIpc) is 2.97. The van der Waals surface area contributed by atoms with Crippen molar-refractivity contribution in [3.8, 4) is 0 Å². The van der Waals surface area contributed by atoms with Crippen LogP contribution in [0.25, 0.3) is 0 Å². The van der Waals surface area contributed by atoms with Gasteiger partial charge in [-0.3, -0.25) is 4.79 Å². The summed E-state index contributed by atoms with van der Waals surface area (Å²) in [7, 11) is 0. The summed E-state index contributed by atoms with van der Waals surface area (Å²) in [5, 5.41) is 7.78. The van der Waals surface area contributed by atoms with Crippen molar-refractivity contribution < 1.29 is 4.79 Å². The molecule has 0 aliphatic carbocycles. The predicted octanol–water partition coefficient (Wildman–Crippen LogP) is 3.26. The van der Waals surface area contributed by atoms with E-state index in [0.29, 0.717) is 12.5 Å². The van der Waals surface area contributed by atoms with Crippen LogP contribution in [0, 0.1) is 0 Å². The number of amides is 1. The molecule has 2 aromatic rings. The van der Waals surface area contributed by atoms with Gasteiger partial charge in [0.15, 0.2) is 0 Å². The van der Waals surface area contributed by atoms with Gasteiger partial charge in [0.05, 0.1) is 17.1 Å². The molecule has 90 valence electrons. The molecule has 1 N–H and O–H groups in total. The zero-order valence-electron chi connectivity index (χ0n) is 9.77. The summed E-state index contributed by atoms with van der Waals surface area (Å²) in [5.74, 6) is 0.411. The van der Waals surface area contributed by atoms with E-state index in [0.717, 1.165) is 15.6 Å². The molecule has 5 heteroatoms. The first-order valence-corrected chi connectivity index (χ1v) is 7.18. The van der Waals surface area contributed by atoms with E-state index in [1.54, 1.807) is 11.3 Å². The Morgan fingerprint density at radius 3 is 2.88 bits per heavy atom. The molecule has 1 amide bonds. The van der Waals surface area contributed by atoms with Gasteiger partial charge in [-0.15, -0.1) is 22.7 Å².